The molecule has 0 bridgehead atoms. The number of hydrogen-bond donors (Lipinski definition) is 0. The number of hydrogen-bond acceptors (Lipinski definition) is 2. The molecule has 0 aromatic heterocycles. The second kappa shape index (κ2) is 7.44. The highest BCUT2D eigenvalue weighted by Gasteiger charge is 2.35. The monoisotopic (exact) mass is 315 g/mol. The summed E-state index contributed by atoms with van der Waals surface area (Å²) in [5, 5.41) is 1.21. The highest BCUT2D eigenvalue weighted by atomic mass is 35.5. The molecule has 1 aromatic carbocycles. The van der Waals surface area contributed by atoms with Crippen LogP contribution in [0.2, 0.25) is 10.0 Å². The van der Waals surface area contributed by atoms with Crippen molar-refractivity contribution in [1.82, 2.24) is 4.90 Å². The van der Waals surface area contributed by atoms with Gasteiger partial charge in [-0.25, -0.2) is 0 Å². The Kier molecular flexibility index (Phi) is 6.50. The maximum atomic E-state index is 12.7. The molecule has 112 valence electrons. The van der Waals surface area contributed by atoms with Crippen molar-refractivity contribution in [2.24, 2.45) is 0 Å². The zero-order valence-corrected chi connectivity index (χ0v) is 14.2. The van der Waals surface area contributed by atoms with Crippen molar-refractivity contribution in [3.63, 3.8) is 0 Å². The Hall–Kier alpha value is -0.570. The molecule has 0 aliphatic rings. The molecule has 0 N–H and O–H groups in total. The van der Waals surface area contributed by atoms with Crippen molar-refractivity contribution in [1.29, 1.82) is 0 Å². The minimum atomic E-state index is -0.449. The molecule has 0 amide bonds. The molecular weight excluding hydrogens is 293 g/mol. The number of benzene rings is 1. The van der Waals surface area contributed by atoms with Crippen LogP contribution in [-0.4, -0.2) is 29.3 Å². The molecule has 4 heteroatoms. The molecule has 1 rings (SSSR count). The fourth-order valence-corrected chi connectivity index (χ4v) is 2.94. The zero-order chi connectivity index (χ0) is 15.3. The lowest BCUT2D eigenvalue weighted by Gasteiger charge is -2.38. The molecule has 0 aliphatic heterocycles. The molecule has 0 saturated heterocycles. The van der Waals surface area contributed by atoms with Gasteiger partial charge in [-0.05, 0) is 50.2 Å². The third-order valence-corrected chi connectivity index (χ3v) is 4.71. The average Bonchev–Trinajstić information content (AvgIpc) is 2.43. The van der Waals surface area contributed by atoms with Gasteiger partial charge in [0.15, 0.2) is 5.78 Å². The van der Waals surface area contributed by atoms with Gasteiger partial charge in [-0.3, -0.25) is 9.69 Å². The van der Waals surface area contributed by atoms with Crippen LogP contribution in [-0.2, 0) is 11.2 Å². The third-order valence-electron chi connectivity index (χ3n) is 4.11. The molecule has 20 heavy (non-hydrogen) atoms. The van der Waals surface area contributed by atoms with E-state index >= 15 is 0 Å². The largest absolute Gasteiger partial charge is 0.297 e. The summed E-state index contributed by atoms with van der Waals surface area (Å²) in [5.74, 6) is 0.188. The number of Topliss-reactive ketones (excluding diaryl/α,β-unsaturated/α-hetero) is 1. The van der Waals surface area contributed by atoms with Gasteiger partial charge in [0.2, 0.25) is 0 Å². The SMILES string of the molecule is CCN(CC)C(C)(CC)C(=O)Cc1cc(Cl)ccc1Cl. The van der Waals surface area contributed by atoms with E-state index in [4.69, 9.17) is 23.2 Å². The minimum absolute atomic E-state index is 0.188. The first-order valence-electron chi connectivity index (χ1n) is 7.11. The Morgan fingerprint density at radius 3 is 2.30 bits per heavy atom. The molecule has 0 radical (unpaired) electrons. The van der Waals surface area contributed by atoms with Gasteiger partial charge in [-0.2, -0.15) is 0 Å². The Balaban J connectivity index is 3.00. The van der Waals surface area contributed by atoms with E-state index in [1.807, 2.05) is 6.92 Å². The summed E-state index contributed by atoms with van der Waals surface area (Å²) in [6.07, 6.45) is 1.10. The molecule has 1 atom stereocenters. The molecule has 1 unspecified atom stereocenters. The lowest BCUT2D eigenvalue weighted by molar-refractivity contribution is -0.129. The van der Waals surface area contributed by atoms with Gasteiger partial charge in [0.05, 0.1) is 5.54 Å². The van der Waals surface area contributed by atoms with Crippen molar-refractivity contribution in [3.8, 4) is 0 Å². The van der Waals surface area contributed by atoms with Crippen molar-refractivity contribution in [2.75, 3.05) is 13.1 Å². The quantitative estimate of drug-likeness (QED) is 0.732. The van der Waals surface area contributed by atoms with Gasteiger partial charge >= 0.3 is 0 Å². The highest BCUT2D eigenvalue weighted by molar-refractivity contribution is 6.33. The predicted molar refractivity (Wildman–Crippen MR) is 86.8 cm³/mol. The maximum Gasteiger partial charge on any atom is 0.157 e. The second-order valence-electron chi connectivity index (χ2n) is 5.14. The normalized spacial score (nSPS) is 14.3. The van der Waals surface area contributed by atoms with Crippen LogP contribution in [0.5, 0.6) is 0 Å². The minimum Gasteiger partial charge on any atom is -0.297 e. The van der Waals surface area contributed by atoms with E-state index in [-0.39, 0.29) is 5.78 Å². The van der Waals surface area contributed by atoms with E-state index < -0.39 is 5.54 Å². The van der Waals surface area contributed by atoms with E-state index in [0.29, 0.717) is 16.5 Å². The van der Waals surface area contributed by atoms with Crippen LogP contribution in [0.3, 0.4) is 0 Å². The number of nitrogens with zero attached hydrogens (tertiary/aromatic N) is 1. The summed E-state index contributed by atoms with van der Waals surface area (Å²) in [6, 6.07) is 5.26. The first kappa shape index (κ1) is 17.5. The average molecular weight is 316 g/mol. The fraction of sp³-hybridized carbons (Fsp3) is 0.562. The third kappa shape index (κ3) is 3.75. The summed E-state index contributed by atoms with van der Waals surface area (Å²) in [4.78, 5) is 14.9. The molecule has 0 fully saturated rings. The predicted octanol–water partition coefficient (Wildman–Crippen LogP) is 4.62. The van der Waals surface area contributed by atoms with Gasteiger partial charge in [0.25, 0.3) is 0 Å². The van der Waals surface area contributed by atoms with Gasteiger partial charge in [-0.1, -0.05) is 44.0 Å². The van der Waals surface area contributed by atoms with Gasteiger partial charge in [-0.15, -0.1) is 0 Å². The molecule has 0 spiro atoms. The lowest BCUT2D eigenvalue weighted by atomic mass is 9.87. The molecule has 2 nitrogen and oxygen atoms in total. The number of halogens is 2. The van der Waals surface area contributed by atoms with E-state index in [0.717, 1.165) is 25.1 Å². The number of carbonyl (C=O) groups excluding carboxylic acids is 1. The van der Waals surface area contributed by atoms with Crippen molar-refractivity contribution in [2.45, 2.75) is 46.1 Å². The van der Waals surface area contributed by atoms with E-state index in [9.17, 15) is 4.79 Å². The maximum absolute atomic E-state index is 12.7. The van der Waals surface area contributed by atoms with Crippen LogP contribution in [0.25, 0.3) is 0 Å². The first-order chi connectivity index (χ1) is 9.38. The van der Waals surface area contributed by atoms with E-state index in [2.05, 4.69) is 25.7 Å². The Morgan fingerprint density at radius 2 is 1.80 bits per heavy atom. The molecule has 1 aromatic rings. The number of likely N-dealkylation sites (N-methyl/N-ethyl adjacent to an activating group) is 1. The Morgan fingerprint density at radius 1 is 1.20 bits per heavy atom. The Labute approximate surface area is 132 Å². The van der Waals surface area contributed by atoms with Crippen molar-refractivity contribution >= 4 is 29.0 Å². The second-order valence-corrected chi connectivity index (χ2v) is 5.98. The van der Waals surface area contributed by atoms with Crippen LogP contribution >= 0.6 is 23.2 Å². The topological polar surface area (TPSA) is 20.3 Å². The summed E-state index contributed by atoms with van der Waals surface area (Å²) >= 11 is 12.1. The van der Waals surface area contributed by atoms with Crippen LogP contribution in [0.1, 0.15) is 39.7 Å². The summed E-state index contributed by atoms with van der Waals surface area (Å²) < 4.78 is 0. The highest BCUT2D eigenvalue weighted by Crippen LogP contribution is 2.26. The van der Waals surface area contributed by atoms with Crippen LogP contribution in [0.15, 0.2) is 18.2 Å². The van der Waals surface area contributed by atoms with Gasteiger partial charge in [0.1, 0.15) is 0 Å². The molecule has 0 heterocycles. The fourth-order valence-electron chi connectivity index (χ4n) is 2.56. The lowest BCUT2D eigenvalue weighted by Crippen LogP contribution is -2.52. The number of rotatable bonds is 7. The van der Waals surface area contributed by atoms with Crippen LogP contribution < -0.4 is 0 Å². The van der Waals surface area contributed by atoms with Gasteiger partial charge < -0.3 is 0 Å². The molecule has 0 aliphatic carbocycles. The smallest absolute Gasteiger partial charge is 0.157 e. The first-order valence-corrected chi connectivity index (χ1v) is 7.86. The standard InChI is InChI=1S/C16H23Cl2NO/c1-5-16(4,19(6-2)7-3)15(20)11-12-10-13(17)8-9-14(12)18/h8-10H,5-7,11H2,1-4H3. The van der Waals surface area contributed by atoms with Crippen LogP contribution in [0.4, 0.5) is 0 Å². The van der Waals surface area contributed by atoms with Crippen molar-refractivity contribution < 1.29 is 4.79 Å². The molecular formula is C16H23Cl2NO. The number of carbonyl (C=O) groups is 1. The van der Waals surface area contributed by atoms with Gasteiger partial charge in [0, 0.05) is 16.5 Å². The number of ketones is 1. The summed E-state index contributed by atoms with van der Waals surface area (Å²) in [7, 11) is 0. The van der Waals surface area contributed by atoms with E-state index in [1.54, 1.807) is 18.2 Å². The Bertz CT molecular complexity index is 472. The zero-order valence-electron chi connectivity index (χ0n) is 12.7. The van der Waals surface area contributed by atoms with E-state index in [1.165, 1.54) is 0 Å². The molecule has 0 saturated carbocycles. The van der Waals surface area contributed by atoms with Crippen molar-refractivity contribution in [3.05, 3.63) is 33.8 Å². The van der Waals surface area contributed by atoms with Crippen LogP contribution in [0, 0.1) is 0 Å². The summed E-state index contributed by atoms with van der Waals surface area (Å²) in [5.41, 5.74) is 0.353. The summed E-state index contributed by atoms with van der Waals surface area (Å²) in [6.45, 7) is 9.94.